The summed E-state index contributed by atoms with van der Waals surface area (Å²) in [5.74, 6) is 6.25. The summed E-state index contributed by atoms with van der Waals surface area (Å²) < 4.78 is 51.3. The van der Waals surface area contributed by atoms with Gasteiger partial charge in [-0.15, -0.1) is 11.3 Å². The third-order valence-electron chi connectivity index (χ3n) is 6.90. The number of benzene rings is 2. The van der Waals surface area contributed by atoms with Gasteiger partial charge in [0.05, 0.1) is 49.2 Å². The van der Waals surface area contributed by atoms with Crippen molar-refractivity contribution in [2.75, 3.05) is 38.2 Å². The lowest BCUT2D eigenvalue weighted by molar-refractivity contribution is 0.0156. The van der Waals surface area contributed by atoms with Crippen molar-refractivity contribution in [2.24, 2.45) is 0 Å². The SMILES string of the molecule is O=C(O[C@@H]1CN[C@H](C#Cc2cc3ncnc(Nc4ccc(S(=O)(=O)c5cccc(F)c5)c(Cl)c4)c3s2)C1)N1CCOCC1. The zero-order chi connectivity index (χ0) is 30.0. The van der Waals surface area contributed by atoms with Gasteiger partial charge >= 0.3 is 6.09 Å². The van der Waals surface area contributed by atoms with Crippen molar-refractivity contribution in [3.05, 3.63) is 70.6 Å². The number of thiophene rings is 1. The number of hydrogen-bond acceptors (Lipinski definition) is 10. The third kappa shape index (κ3) is 6.58. The first-order valence-electron chi connectivity index (χ1n) is 13.4. The summed E-state index contributed by atoms with van der Waals surface area (Å²) in [6.45, 7) is 2.64. The Bertz CT molecular complexity index is 1850. The summed E-state index contributed by atoms with van der Waals surface area (Å²) >= 11 is 7.78. The Hall–Kier alpha value is -3.80. The number of carbonyl (C=O) groups excluding carboxylic acids is 1. The number of aromatic nitrogens is 2. The van der Waals surface area contributed by atoms with E-state index in [1.54, 1.807) is 11.0 Å². The average Bonchev–Trinajstić information content (AvgIpc) is 3.63. The van der Waals surface area contributed by atoms with Gasteiger partial charge in [-0.2, -0.15) is 0 Å². The van der Waals surface area contributed by atoms with E-state index in [0.717, 1.165) is 15.6 Å². The quantitative estimate of drug-likeness (QED) is 0.301. The van der Waals surface area contributed by atoms with Crippen LogP contribution in [0.1, 0.15) is 11.3 Å². The van der Waals surface area contributed by atoms with Crippen LogP contribution in [0.3, 0.4) is 0 Å². The predicted molar refractivity (Wildman–Crippen MR) is 160 cm³/mol. The van der Waals surface area contributed by atoms with E-state index in [4.69, 9.17) is 21.1 Å². The molecule has 0 aliphatic carbocycles. The highest BCUT2D eigenvalue weighted by molar-refractivity contribution is 7.91. The Morgan fingerprint density at radius 1 is 1.19 bits per heavy atom. The Morgan fingerprint density at radius 2 is 2.02 bits per heavy atom. The second-order valence-electron chi connectivity index (χ2n) is 9.85. The molecule has 2 aromatic heterocycles. The van der Waals surface area contributed by atoms with Crippen LogP contribution < -0.4 is 10.6 Å². The Morgan fingerprint density at radius 3 is 2.81 bits per heavy atom. The molecule has 43 heavy (non-hydrogen) atoms. The minimum atomic E-state index is -4.02. The predicted octanol–water partition coefficient (Wildman–Crippen LogP) is 4.61. The number of nitrogens with one attached hydrogen (secondary N) is 2. The fraction of sp³-hybridized carbons (Fsp3) is 0.276. The molecular weight excluding hydrogens is 617 g/mol. The number of morpholine rings is 1. The molecule has 0 bridgehead atoms. The third-order valence-corrected chi connectivity index (χ3v) is 10.2. The van der Waals surface area contributed by atoms with Gasteiger partial charge in [0, 0.05) is 31.7 Å². The molecule has 222 valence electrons. The van der Waals surface area contributed by atoms with Crippen LogP contribution in [0, 0.1) is 17.7 Å². The molecule has 2 saturated heterocycles. The van der Waals surface area contributed by atoms with Crippen LogP contribution in [-0.4, -0.2) is 74.4 Å². The second-order valence-corrected chi connectivity index (χ2v) is 13.2. The fourth-order valence-corrected chi connectivity index (χ4v) is 7.47. The van der Waals surface area contributed by atoms with E-state index in [9.17, 15) is 17.6 Å². The van der Waals surface area contributed by atoms with E-state index in [1.165, 1.54) is 48.0 Å². The highest BCUT2D eigenvalue weighted by Crippen LogP contribution is 2.34. The number of nitrogens with zero attached hydrogens (tertiary/aromatic N) is 3. The van der Waals surface area contributed by atoms with Gasteiger partial charge < -0.3 is 19.7 Å². The fourth-order valence-electron chi connectivity index (χ4n) is 4.72. The van der Waals surface area contributed by atoms with E-state index in [0.29, 0.717) is 56.3 Å². The number of sulfone groups is 1. The minimum absolute atomic E-state index is 0.0183. The van der Waals surface area contributed by atoms with E-state index in [-0.39, 0.29) is 33.1 Å². The standard InChI is InChI=1S/C29H25ClFN5O5S2/c30-24-14-20(5-7-26(24)43(38,39)23-3-1-2-18(31)12-23)35-28-27-25(33-17-34-28)15-22(42-27)6-4-19-13-21(16-32-19)41-29(37)36-8-10-40-11-9-36/h1-3,5,7,12,14-15,17,19,21,32H,8-11,13,16H2,(H,33,34,35)/t19-,21+/m1/s1. The first kappa shape index (κ1) is 29.3. The van der Waals surface area contributed by atoms with Gasteiger partial charge in [-0.1, -0.05) is 29.5 Å². The van der Waals surface area contributed by atoms with Crippen molar-refractivity contribution in [1.82, 2.24) is 20.2 Å². The number of rotatable bonds is 5. The molecule has 14 heteroatoms. The highest BCUT2D eigenvalue weighted by Gasteiger charge is 2.28. The van der Waals surface area contributed by atoms with Crippen molar-refractivity contribution in [1.29, 1.82) is 0 Å². The van der Waals surface area contributed by atoms with Gasteiger partial charge in [-0.05, 0) is 42.5 Å². The Balaban J connectivity index is 1.13. The molecule has 4 heterocycles. The van der Waals surface area contributed by atoms with Crippen molar-refractivity contribution in [2.45, 2.75) is 28.4 Å². The molecule has 2 aliphatic rings. The number of carbonyl (C=O) groups is 1. The number of fused-ring (bicyclic) bond motifs is 1. The first-order valence-corrected chi connectivity index (χ1v) is 16.0. The maximum atomic E-state index is 13.6. The smallest absolute Gasteiger partial charge is 0.410 e. The van der Waals surface area contributed by atoms with Gasteiger partial charge in [-0.25, -0.2) is 27.6 Å². The normalized spacial score (nSPS) is 18.7. The Labute approximate surface area is 256 Å². The maximum absolute atomic E-state index is 13.6. The van der Waals surface area contributed by atoms with Crippen LogP contribution in [0.15, 0.2) is 64.6 Å². The van der Waals surface area contributed by atoms with Crippen molar-refractivity contribution < 1.29 is 27.1 Å². The highest BCUT2D eigenvalue weighted by atomic mass is 35.5. The summed E-state index contributed by atoms with van der Waals surface area (Å²) in [7, 11) is -4.02. The Kier molecular flexibility index (Phi) is 8.47. The van der Waals surface area contributed by atoms with Crippen LogP contribution in [0.4, 0.5) is 20.7 Å². The first-order chi connectivity index (χ1) is 20.8. The molecule has 2 atom stereocenters. The lowest BCUT2D eigenvalue weighted by Crippen LogP contribution is -2.42. The lowest BCUT2D eigenvalue weighted by atomic mass is 10.2. The van der Waals surface area contributed by atoms with Gasteiger partial charge in [0.15, 0.2) is 5.82 Å². The molecule has 2 N–H and O–H groups in total. The van der Waals surface area contributed by atoms with Crippen LogP contribution in [-0.2, 0) is 19.3 Å². The van der Waals surface area contributed by atoms with Gasteiger partial charge in [0.2, 0.25) is 9.84 Å². The summed E-state index contributed by atoms with van der Waals surface area (Å²) in [4.78, 5) is 23.2. The monoisotopic (exact) mass is 641 g/mol. The molecule has 6 rings (SSSR count). The van der Waals surface area contributed by atoms with Crippen molar-refractivity contribution in [3.63, 3.8) is 0 Å². The molecule has 4 aromatic rings. The van der Waals surface area contributed by atoms with Crippen LogP contribution in [0.2, 0.25) is 5.02 Å². The average molecular weight is 642 g/mol. The molecule has 2 fully saturated rings. The largest absolute Gasteiger partial charge is 0.445 e. The van der Waals surface area contributed by atoms with Crippen LogP contribution in [0.25, 0.3) is 10.2 Å². The minimum Gasteiger partial charge on any atom is -0.445 e. The maximum Gasteiger partial charge on any atom is 0.410 e. The number of amides is 1. The topological polar surface area (TPSA) is 123 Å². The van der Waals surface area contributed by atoms with Gasteiger partial charge in [-0.3, -0.25) is 5.32 Å². The molecular formula is C29H25ClFN5O5S2. The summed E-state index contributed by atoms with van der Waals surface area (Å²) in [5, 5.41) is 6.45. The van der Waals surface area contributed by atoms with Crippen molar-refractivity contribution >= 4 is 60.6 Å². The van der Waals surface area contributed by atoms with Crippen LogP contribution >= 0.6 is 22.9 Å². The molecule has 0 unspecified atom stereocenters. The van der Waals surface area contributed by atoms with Crippen molar-refractivity contribution in [3.8, 4) is 11.8 Å². The lowest BCUT2D eigenvalue weighted by Gasteiger charge is -2.27. The zero-order valence-corrected chi connectivity index (χ0v) is 24.9. The summed E-state index contributed by atoms with van der Waals surface area (Å²) in [6.07, 6.45) is 1.44. The molecule has 2 aliphatic heterocycles. The summed E-state index contributed by atoms with van der Waals surface area (Å²) in [5.41, 5.74) is 1.21. The molecule has 10 nitrogen and oxygen atoms in total. The molecule has 1 amide bonds. The van der Waals surface area contributed by atoms with E-state index >= 15 is 0 Å². The van der Waals surface area contributed by atoms with E-state index in [1.807, 2.05) is 6.07 Å². The van der Waals surface area contributed by atoms with Gasteiger partial charge in [0.25, 0.3) is 0 Å². The summed E-state index contributed by atoms with van der Waals surface area (Å²) in [6, 6.07) is 10.9. The molecule has 0 spiro atoms. The van der Waals surface area contributed by atoms with Gasteiger partial charge in [0.1, 0.15) is 18.2 Å². The molecule has 0 saturated carbocycles. The molecule has 2 aromatic carbocycles. The van der Waals surface area contributed by atoms with E-state index in [2.05, 4.69) is 32.4 Å². The number of anilines is 2. The zero-order valence-electron chi connectivity index (χ0n) is 22.5. The second kappa shape index (κ2) is 12.4. The van der Waals surface area contributed by atoms with Crippen LogP contribution in [0.5, 0.6) is 0 Å². The number of ether oxygens (including phenoxy) is 2. The molecule has 0 radical (unpaired) electrons. The van der Waals surface area contributed by atoms with E-state index < -0.39 is 15.7 Å². The number of halogens is 2. The number of hydrogen-bond donors (Lipinski definition) is 2.